The Morgan fingerprint density at radius 3 is 2.39 bits per heavy atom. The number of hydrogen-bond acceptors (Lipinski definition) is 3. The van der Waals surface area contributed by atoms with Crippen molar-refractivity contribution in [3.05, 3.63) is 42.1 Å². The van der Waals surface area contributed by atoms with E-state index in [9.17, 15) is 8.68 Å². The zero-order valence-corrected chi connectivity index (χ0v) is 10.9. The number of nitrogens with zero attached hydrogens (tertiary/aromatic N) is 2. The first-order valence-corrected chi connectivity index (χ1v) is 6.14. The summed E-state index contributed by atoms with van der Waals surface area (Å²) in [6.07, 6.45) is 0. The van der Waals surface area contributed by atoms with Gasteiger partial charge < -0.3 is 5.73 Å². The van der Waals surface area contributed by atoms with E-state index in [4.69, 9.17) is 5.73 Å². The average Bonchev–Trinajstić information content (AvgIpc) is 2.86. The van der Waals surface area contributed by atoms with Gasteiger partial charge in [0.1, 0.15) is 5.69 Å². The molecular weight excluding hydrogens is 253 g/mol. The second kappa shape index (κ2) is 6.80. The average molecular weight is 267 g/mol. The molecule has 0 aliphatic heterocycles. The quantitative estimate of drug-likeness (QED) is 0.929. The molecule has 0 bridgehead atoms. The van der Waals surface area contributed by atoms with Gasteiger partial charge in [0.05, 0.1) is 5.69 Å². The zero-order valence-electron chi connectivity index (χ0n) is 10.1. The summed E-state index contributed by atoms with van der Waals surface area (Å²) in [7, 11) is 0. The number of nitrogens with two attached hydrogens (primary N) is 1. The molecule has 0 aliphatic rings. The number of aromatic nitrogens is 2. The van der Waals surface area contributed by atoms with Crippen molar-refractivity contribution in [2.45, 2.75) is 13.8 Å². The minimum absolute atomic E-state index is 0.0337. The highest BCUT2D eigenvalue weighted by Gasteiger charge is 2.14. The van der Waals surface area contributed by atoms with Gasteiger partial charge in [-0.2, -0.15) is 9.19 Å². The number of amides is 1. The molecule has 0 aliphatic carbocycles. The fourth-order valence-corrected chi connectivity index (χ4v) is 1.67. The number of primary amides is 1. The Morgan fingerprint density at radius 2 is 1.94 bits per heavy atom. The molecule has 1 heterocycles. The molecular formula is C12H14FN3OS. The third-order valence-electron chi connectivity index (χ3n) is 2.07. The van der Waals surface area contributed by atoms with Crippen molar-refractivity contribution in [3.63, 3.8) is 0 Å². The number of carbonyl (C=O) groups is 1. The Labute approximate surface area is 109 Å². The van der Waals surface area contributed by atoms with Crippen LogP contribution in [0.2, 0.25) is 0 Å². The summed E-state index contributed by atoms with van der Waals surface area (Å²) < 4.78 is 13.4. The molecule has 0 spiro atoms. The van der Waals surface area contributed by atoms with Crippen LogP contribution in [0.1, 0.15) is 24.3 Å². The molecule has 18 heavy (non-hydrogen) atoms. The minimum atomic E-state index is -0.708. The van der Waals surface area contributed by atoms with Gasteiger partial charge in [0.25, 0.3) is 5.91 Å². The molecule has 0 radical (unpaired) electrons. The maximum absolute atomic E-state index is 12.5. The molecule has 0 atom stereocenters. The Bertz CT molecular complexity index is 513. The van der Waals surface area contributed by atoms with E-state index in [-0.39, 0.29) is 18.0 Å². The van der Waals surface area contributed by atoms with Gasteiger partial charge in [-0.05, 0) is 6.07 Å². The van der Waals surface area contributed by atoms with Crippen LogP contribution in [0.15, 0.2) is 36.4 Å². The largest absolute Gasteiger partial charge is 0.364 e. The van der Waals surface area contributed by atoms with Crippen molar-refractivity contribution in [1.29, 1.82) is 0 Å². The monoisotopic (exact) mass is 267 g/mol. The van der Waals surface area contributed by atoms with Crippen molar-refractivity contribution < 1.29 is 8.68 Å². The Morgan fingerprint density at radius 1 is 1.33 bits per heavy atom. The van der Waals surface area contributed by atoms with Gasteiger partial charge >= 0.3 is 0 Å². The smallest absolute Gasteiger partial charge is 0.268 e. The lowest BCUT2D eigenvalue weighted by atomic mass is 10.1. The molecule has 1 aromatic heterocycles. The van der Waals surface area contributed by atoms with E-state index < -0.39 is 5.91 Å². The van der Waals surface area contributed by atoms with Gasteiger partial charge in [0.15, 0.2) is 12.3 Å². The fourth-order valence-electron chi connectivity index (χ4n) is 1.33. The molecule has 0 unspecified atom stereocenters. The lowest BCUT2D eigenvalue weighted by Crippen LogP contribution is -2.14. The maximum atomic E-state index is 12.5. The Balaban J connectivity index is 0.000000771. The number of carbonyl (C=O) groups excluding carboxylic acids is 1. The predicted molar refractivity (Wildman–Crippen MR) is 71.6 cm³/mol. The van der Waals surface area contributed by atoms with Gasteiger partial charge in [0.2, 0.25) is 0 Å². The normalized spacial score (nSPS) is 9.50. The highest BCUT2D eigenvalue weighted by Crippen LogP contribution is 2.21. The van der Waals surface area contributed by atoms with Gasteiger partial charge in [-0.25, -0.2) is 0 Å². The molecule has 96 valence electrons. The summed E-state index contributed by atoms with van der Waals surface area (Å²) in [5, 5.41) is 3.92. The standard InChI is InChI=1S/C10H8FN3OS.C2H6/c11-16-14-9(10(12)15)6-8(13-14)7-4-2-1-3-5-7;1-2/h1-6H,(H2,12,15);1-2H3. The second-order valence-corrected chi connectivity index (χ2v) is 3.57. The van der Waals surface area contributed by atoms with Crippen LogP contribution in [0.3, 0.4) is 0 Å². The third kappa shape index (κ3) is 3.10. The zero-order chi connectivity index (χ0) is 13.5. The Kier molecular flexibility index (Phi) is 5.38. The predicted octanol–water partition coefficient (Wildman–Crippen LogP) is 3.06. The van der Waals surface area contributed by atoms with Crippen LogP contribution in [0.5, 0.6) is 0 Å². The van der Waals surface area contributed by atoms with E-state index in [0.717, 1.165) is 9.65 Å². The molecule has 1 amide bonds. The van der Waals surface area contributed by atoms with E-state index in [2.05, 4.69) is 5.10 Å². The molecule has 0 saturated carbocycles. The molecule has 0 saturated heterocycles. The molecule has 2 aromatic rings. The molecule has 2 N–H and O–H groups in total. The third-order valence-corrected chi connectivity index (χ3v) is 2.47. The molecule has 4 nitrogen and oxygen atoms in total. The van der Waals surface area contributed by atoms with Gasteiger partial charge in [-0.1, -0.05) is 44.2 Å². The molecule has 2 rings (SSSR count). The highest BCUT2D eigenvalue weighted by atomic mass is 32.2. The fraction of sp³-hybridized carbons (Fsp3) is 0.167. The summed E-state index contributed by atoms with van der Waals surface area (Å²) >= 11 is -0.156. The van der Waals surface area contributed by atoms with Crippen molar-refractivity contribution >= 4 is 18.2 Å². The first-order chi connectivity index (χ1) is 8.72. The summed E-state index contributed by atoms with van der Waals surface area (Å²) in [5.74, 6) is -0.708. The first kappa shape index (κ1) is 14.2. The Hall–Kier alpha value is -1.82. The summed E-state index contributed by atoms with van der Waals surface area (Å²) in [6.45, 7) is 4.00. The second-order valence-electron chi connectivity index (χ2n) is 3.09. The van der Waals surface area contributed by atoms with Gasteiger partial charge in [0, 0.05) is 5.56 Å². The number of hydrogen-bond donors (Lipinski definition) is 1. The minimum Gasteiger partial charge on any atom is -0.364 e. The summed E-state index contributed by atoms with van der Waals surface area (Å²) in [6, 6.07) is 10.6. The molecule has 0 fully saturated rings. The highest BCUT2D eigenvalue weighted by molar-refractivity contribution is 7.92. The van der Waals surface area contributed by atoms with Crippen LogP contribution in [-0.4, -0.2) is 15.1 Å². The van der Waals surface area contributed by atoms with Gasteiger partial charge in [-0.15, -0.1) is 3.89 Å². The van der Waals surface area contributed by atoms with Crippen LogP contribution < -0.4 is 5.73 Å². The summed E-state index contributed by atoms with van der Waals surface area (Å²) in [5.41, 5.74) is 6.45. The number of halogens is 1. The van der Waals surface area contributed by atoms with E-state index >= 15 is 0 Å². The van der Waals surface area contributed by atoms with E-state index in [1.165, 1.54) is 6.07 Å². The number of benzene rings is 1. The van der Waals surface area contributed by atoms with Crippen molar-refractivity contribution in [2.75, 3.05) is 0 Å². The van der Waals surface area contributed by atoms with Crippen LogP contribution in [0.25, 0.3) is 11.3 Å². The molecule has 1 aromatic carbocycles. The van der Waals surface area contributed by atoms with Gasteiger partial charge in [-0.3, -0.25) is 4.79 Å². The van der Waals surface area contributed by atoms with Crippen LogP contribution >= 0.6 is 12.3 Å². The van der Waals surface area contributed by atoms with E-state index in [1.807, 2.05) is 44.2 Å². The topological polar surface area (TPSA) is 60.9 Å². The lowest BCUT2D eigenvalue weighted by Gasteiger charge is -1.94. The SMILES string of the molecule is CC.NC(=O)c1cc(-c2ccccc2)nn1SF. The van der Waals surface area contributed by atoms with Crippen molar-refractivity contribution in [2.24, 2.45) is 5.73 Å². The van der Waals surface area contributed by atoms with Crippen LogP contribution in [-0.2, 0) is 0 Å². The first-order valence-electron chi connectivity index (χ1n) is 5.46. The van der Waals surface area contributed by atoms with Crippen molar-refractivity contribution in [1.82, 2.24) is 9.19 Å². The van der Waals surface area contributed by atoms with Crippen molar-refractivity contribution in [3.8, 4) is 11.3 Å². The van der Waals surface area contributed by atoms with Crippen LogP contribution in [0.4, 0.5) is 3.89 Å². The van der Waals surface area contributed by atoms with E-state index in [1.54, 1.807) is 0 Å². The summed E-state index contributed by atoms with van der Waals surface area (Å²) in [4.78, 5) is 11.0. The number of rotatable bonds is 3. The lowest BCUT2D eigenvalue weighted by molar-refractivity contribution is 0.0994. The van der Waals surface area contributed by atoms with Crippen LogP contribution in [0, 0.1) is 0 Å². The van der Waals surface area contributed by atoms with E-state index in [0.29, 0.717) is 5.69 Å². The molecule has 6 heteroatoms. The maximum Gasteiger partial charge on any atom is 0.268 e.